The second-order valence-electron chi connectivity index (χ2n) is 5.70. The molecule has 0 bridgehead atoms. The molecule has 24 heavy (non-hydrogen) atoms. The third kappa shape index (κ3) is 3.37. The van der Waals surface area contributed by atoms with Crippen molar-refractivity contribution in [3.63, 3.8) is 0 Å². The van der Waals surface area contributed by atoms with Crippen LogP contribution < -0.4 is 9.64 Å². The van der Waals surface area contributed by atoms with Gasteiger partial charge in [-0.25, -0.2) is 13.4 Å². The average Bonchev–Trinajstić information content (AvgIpc) is 2.62. The summed E-state index contributed by atoms with van der Waals surface area (Å²) in [6.07, 6.45) is 0. The Hall–Kier alpha value is -2.12. The number of benzene rings is 1. The van der Waals surface area contributed by atoms with Crippen molar-refractivity contribution in [3.8, 4) is 5.75 Å². The van der Waals surface area contributed by atoms with Crippen LogP contribution in [0.15, 0.2) is 47.4 Å². The van der Waals surface area contributed by atoms with Gasteiger partial charge in [0.25, 0.3) is 0 Å². The normalized spacial score (nSPS) is 16.2. The van der Waals surface area contributed by atoms with Gasteiger partial charge in [-0.2, -0.15) is 4.31 Å². The third-order valence-electron chi connectivity index (χ3n) is 4.13. The van der Waals surface area contributed by atoms with Gasteiger partial charge in [0.05, 0.1) is 12.0 Å². The monoisotopic (exact) mass is 347 g/mol. The molecule has 0 amide bonds. The molecule has 2 aromatic rings. The van der Waals surface area contributed by atoms with E-state index in [4.69, 9.17) is 4.74 Å². The van der Waals surface area contributed by atoms with Gasteiger partial charge in [-0.1, -0.05) is 6.07 Å². The summed E-state index contributed by atoms with van der Waals surface area (Å²) in [6.45, 7) is 4.11. The third-order valence-corrected chi connectivity index (χ3v) is 6.05. The van der Waals surface area contributed by atoms with Crippen LogP contribution in [0.3, 0.4) is 0 Å². The lowest BCUT2D eigenvalue weighted by molar-refractivity contribution is 0.383. The van der Waals surface area contributed by atoms with Gasteiger partial charge in [0, 0.05) is 31.9 Å². The van der Waals surface area contributed by atoms with Crippen molar-refractivity contribution in [2.45, 2.75) is 11.8 Å². The molecule has 0 atom stereocenters. The molecular formula is C17H21N3O3S. The Morgan fingerprint density at radius 3 is 2.25 bits per heavy atom. The van der Waals surface area contributed by atoms with Gasteiger partial charge >= 0.3 is 0 Å². The van der Waals surface area contributed by atoms with E-state index in [1.165, 1.54) is 4.31 Å². The van der Waals surface area contributed by atoms with Crippen molar-refractivity contribution in [1.82, 2.24) is 9.29 Å². The molecule has 1 fully saturated rings. The summed E-state index contributed by atoms with van der Waals surface area (Å²) in [5.74, 6) is 1.54. The first-order chi connectivity index (χ1) is 11.5. The lowest BCUT2D eigenvalue weighted by atomic mass is 10.3. The number of piperazine rings is 1. The molecule has 3 rings (SSSR count). The number of anilines is 1. The van der Waals surface area contributed by atoms with Gasteiger partial charge in [0.1, 0.15) is 11.6 Å². The van der Waals surface area contributed by atoms with Crippen LogP contribution in [0.5, 0.6) is 5.75 Å². The van der Waals surface area contributed by atoms with Crippen molar-refractivity contribution in [2.75, 3.05) is 38.2 Å². The first kappa shape index (κ1) is 16.7. The number of ether oxygens (including phenoxy) is 1. The number of sulfonamides is 1. The lowest BCUT2D eigenvalue weighted by Gasteiger charge is -2.34. The molecule has 6 nitrogen and oxygen atoms in total. The van der Waals surface area contributed by atoms with Gasteiger partial charge in [-0.05, 0) is 43.3 Å². The Labute approximate surface area is 142 Å². The summed E-state index contributed by atoms with van der Waals surface area (Å²) in [6, 6.07) is 12.4. The minimum absolute atomic E-state index is 0.297. The Balaban J connectivity index is 1.71. The quantitative estimate of drug-likeness (QED) is 0.845. The summed E-state index contributed by atoms with van der Waals surface area (Å²) in [5, 5.41) is 0. The number of hydrogen-bond donors (Lipinski definition) is 0. The average molecular weight is 347 g/mol. The summed E-state index contributed by atoms with van der Waals surface area (Å²) in [4.78, 5) is 6.92. The van der Waals surface area contributed by atoms with Crippen molar-refractivity contribution in [3.05, 3.63) is 48.2 Å². The molecule has 2 heterocycles. The SMILES string of the molecule is COc1ccc(S(=O)(=O)N2CCN(c3cccc(C)n3)CC2)cc1. The van der Waals surface area contributed by atoms with Crippen molar-refractivity contribution in [1.29, 1.82) is 0 Å². The van der Waals surface area contributed by atoms with Crippen LogP contribution in [0.2, 0.25) is 0 Å². The minimum Gasteiger partial charge on any atom is -0.497 e. The topological polar surface area (TPSA) is 62.7 Å². The number of pyridine rings is 1. The van der Waals surface area contributed by atoms with E-state index in [1.54, 1.807) is 31.4 Å². The number of rotatable bonds is 4. The molecule has 0 unspecified atom stereocenters. The van der Waals surface area contributed by atoms with Crippen LogP contribution in [-0.4, -0.2) is 51.0 Å². The van der Waals surface area contributed by atoms with Crippen LogP contribution in [0.4, 0.5) is 5.82 Å². The fourth-order valence-electron chi connectivity index (χ4n) is 2.76. The predicted octanol–water partition coefficient (Wildman–Crippen LogP) is 1.91. The van der Waals surface area contributed by atoms with E-state index in [2.05, 4.69) is 9.88 Å². The summed E-state index contributed by atoms with van der Waals surface area (Å²) < 4.78 is 32.1. The highest BCUT2D eigenvalue weighted by molar-refractivity contribution is 7.89. The zero-order valence-electron chi connectivity index (χ0n) is 13.8. The summed E-state index contributed by atoms with van der Waals surface area (Å²) in [5.41, 5.74) is 0.959. The molecule has 0 radical (unpaired) electrons. The van der Waals surface area contributed by atoms with E-state index in [1.807, 2.05) is 25.1 Å². The summed E-state index contributed by atoms with van der Waals surface area (Å²) >= 11 is 0. The number of nitrogens with zero attached hydrogens (tertiary/aromatic N) is 3. The standard InChI is InChI=1S/C17H21N3O3S/c1-14-4-3-5-17(18-14)19-10-12-20(13-11-19)24(21,22)16-8-6-15(23-2)7-9-16/h3-9H,10-13H2,1-2H3. The van der Waals surface area contributed by atoms with Crippen molar-refractivity contribution in [2.24, 2.45) is 0 Å². The fourth-order valence-corrected chi connectivity index (χ4v) is 4.18. The minimum atomic E-state index is -3.47. The molecule has 7 heteroatoms. The predicted molar refractivity (Wildman–Crippen MR) is 92.9 cm³/mol. The van der Waals surface area contributed by atoms with Crippen LogP contribution in [-0.2, 0) is 10.0 Å². The van der Waals surface area contributed by atoms with Crippen LogP contribution in [0.25, 0.3) is 0 Å². The maximum Gasteiger partial charge on any atom is 0.243 e. The van der Waals surface area contributed by atoms with E-state index >= 15 is 0 Å². The van der Waals surface area contributed by atoms with Gasteiger partial charge in [-0.15, -0.1) is 0 Å². The fraction of sp³-hybridized carbons (Fsp3) is 0.353. The highest BCUT2D eigenvalue weighted by atomic mass is 32.2. The molecule has 1 aliphatic heterocycles. The zero-order chi connectivity index (χ0) is 17.2. The zero-order valence-corrected chi connectivity index (χ0v) is 14.7. The van der Waals surface area contributed by atoms with E-state index < -0.39 is 10.0 Å². The Bertz CT molecular complexity index is 798. The Morgan fingerprint density at radius 1 is 1.00 bits per heavy atom. The van der Waals surface area contributed by atoms with E-state index in [9.17, 15) is 8.42 Å². The highest BCUT2D eigenvalue weighted by Crippen LogP contribution is 2.22. The molecule has 0 spiro atoms. The molecule has 1 saturated heterocycles. The highest BCUT2D eigenvalue weighted by Gasteiger charge is 2.28. The largest absolute Gasteiger partial charge is 0.497 e. The molecule has 1 aromatic heterocycles. The molecular weight excluding hydrogens is 326 g/mol. The van der Waals surface area contributed by atoms with Crippen LogP contribution in [0.1, 0.15) is 5.69 Å². The molecule has 0 saturated carbocycles. The van der Waals surface area contributed by atoms with E-state index in [0.29, 0.717) is 36.8 Å². The smallest absolute Gasteiger partial charge is 0.243 e. The first-order valence-corrected chi connectivity index (χ1v) is 9.27. The maximum absolute atomic E-state index is 12.7. The number of aromatic nitrogens is 1. The second kappa shape index (κ2) is 6.78. The molecule has 128 valence electrons. The molecule has 1 aliphatic rings. The lowest BCUT2D eigenvalue weighted by Crippen LogP contribution is -2.48. The Morgan fingerprint density at radius 2 is 1.67 bits per heavy atom. The van der Waals surface area contributed by atoms with Crippen molar-refractivity contribution >= 4 is 15.8 Å². The number of aryl methyl sites for hydroxylation is 1. The number of methoxy groups -OCH3 is 1. The van der Waals surface area contributed by atoms with Gasteiger partial charge < -0.3 is 9.64 Å². The molecule has 0 N–H and O–H groups in total. The van der Waals surface area contributed by atoms with Gasteiger partial charge in [0.15, 0.2) is 0 Å². The number of hydrogen-bond acceptors (Lipinski definition) is 5. The summed E-state index contributed by atoms with van der Waals surface area (Å²) in [7, 11) is -1.91. The molecule has 0 aliphatic carbocycles. The van der Waals surface area contributed by atoms with E-state index in [0.717, 1.165) is 11.5 Å². The Kier molecular flexibility index (Phi) is 4.73. The van der Waals surface area contributed by atoms with Crippen LogP contribution >= 0.6 is 0 Å². The van der Waals surface area contributed by atoms with Crippen LogP contribution in [0, 0.1) is 6.92 Å². The van der Waals surface area contributed by atoms with Gasteiger partial charge in [-0.3, -0.25) is 0 Å². The molecule has 1 aromatic carbocycles. The second-order valence-corrected chi connectivity index (χ2v) is 7.64. The first-order valence-electron chi connectivity index (χ1n) is 7.83. The van der Waals surface area contributed by atoms with Crippen molar-refractivity contribution < 1.29 is 13.2 Å². The maximum atomic E-state index is 12.7. The van der Waals surface area contributed by atoms with E-state index in [-0.39, 0.29) is 0 Å². The van der Waals surface area contributed by atoms with Gasteiger partial charge in [0.2, 0.25) is 10.0 Å².